The molecule has 1 aliphatic heterocycles. The first kappa shape index (κ1) is 15.5. The summed E-state index contributed by atoms with van der Waals surface area (Å²) in [6.07, 6.45) is 1.60. The van der Waals surface area contributed by atoms with Crippen LogP contribution in [0, 0.1) is 12.8 Å². The smallest absolute Gasteiger partial charge is 0.263 e. The zero-order valence-electron chi connectivity index (χ0n) is 13.2. The van der Waals surface area contributed by atoms with E-state index in [2.05, 4.69) is 10.2 Å². The summed E-state index contributed by atoms with van der Waals surface area (Å²) in [7, 11) is 1.61. The van der Waals surface area contributed by atoms with Crippen LogP contribution in [0.2, 0.25) is 0 Å². The molecule has 3 heterocycles. The molecule has 0 spiro atoms. The second kappa shape index (κ2) is 6.00. The highest BCUT2D eigenvalue weighted by molar-refractivity contribution is 5.94. The molecule has 0 unspecified atom stereocenters. The number of pyridine rings is 1. The van der Waals surface area contributed by atoms with Gasteiger partial charge in [-0.1, -0.05) is 0 Å². The Morgan fingerprint density at radius 3 is 2.96 bits per heavy atom. The van der Waals surface area contributed by atoms with Gasteiger partial charge in [0.25, 0.3) is 11.5 Å². The molecule has 0 radical (unpaired) electrons. The predicted octanol–water partition coefficient (Wildman–Crippen LogP) is 0.0924. The van der Waals surface area contributed by atoms with Crippen LogP contribution in [0.4, 0.5) is 0 Å². The standard InChI is InChI=1S/C16H20N4O3/c1-10-6-12(18-17-10)7-11-8-20(9-14(11)21)16(23)13-4-3-5-19(2)15(13)22/h3-6,11,14,21H,7-9H2,1-2H3,(H,17,18)/t11-,14-/m1/s1. The highest BCUT2D eigenvalue weighted by Gasteiger charge is 2.35. The van der Waals surface area contributed by atoms with Crippen LogP contribution in [-0.4, -0.2) is 49.9 Å². The molecule has 2 atom stereocenters. The van der Waals surface area contributed by atoms with Gasteiger partial charge in [-0.2, -0.15) is 5.10 Å². The number of aromatic nitrogens is 3. The first-order chi connectivity index (χ1) is 11.0. The van der Waals surface area contributed by atoms with Gasteiger partial charge < -0.3 is 14.6 Å². The summed E-state index contributed by atoms with van der Waals surface area (Å²) in [4.78, 5) is 26.2. The minimum atomic E-state index is -0.608. The molecule has 2 aromatic heterocycles. The number of aliphatic hydroxyl groups is 1. The van der Waals surface area contributed by atoms with Crippen molar-refractivity contribution in [3.63, 3.8) is 0 Å². The lowest BCUT2D eigenvalue weighted by molar-refractivity contribution is 0.0762. The normalized spacial score (nSPS) is 20.9. The van der Waals surface area contributed by atoms with Crippen molar-refractivity contribution in [1.82, 2.24) is 19.7 Å². The molecule has 0 aliphatic carbocycles. The van der Waals surface area contributed by atoms with Gasteiger partial charge in [0, 0.05) is 37.9 Å². The number of amides is 1. The van der Waals surface area contributed by atoms with Crippen molar-refractivity contribution in [3.8, 4) is 0 Å². The van der Waals surface area contributed by atoms with Gasteiger partial charge in [-0.15, -0.1) is 0 Å². The third-order valence-electron chi connectivity index (χ3n) is 4.28. The number of aromatic amines is 1. The molecule has 0 bridgehead atoms. The van der Waals surface area contributed by atoms with Crippen LogP contribution >= 0.6 is 0 Å². The molecule has 7 heteroatoms. The van der Waals surface area contributed by atoms with Gasteiger partial charge >= 0.3 is 0 Å². The van der Waals surface area contributed by atoms with Crippen molar-refractivity contribution >= 4 is 5.91 Å². The summed E-state index contributed by atoms with van der Waals surface area (Å²) in [6.45, 7) is 2.58. The molecular formula is C16H20N4O3. The topological polar surface area (TPSA) is 91.2 Å². The first-order valence-corrected chi connectivity index (χ1v) is 7.59. The number of H-pyrrole nitrogens is 1. The van der Waals surface area contributed by atoms with E-state index >= 15 is 0 Å². The largest absolute Gasteiger partial charge is 0.391 e. The summed E-state index contributed by atoms with van der Waals surface area (Å²) in [6, 6.07) is 5.14. The maximum atomic E-state index is 12.5. The number of aliphatic hydroxyl groups excluding tert-OH is 1. The number of likely N-dealkylation sites (tertiary alicyclic amines) is 1. The Kier molecular flexibility index (Phi) is 4.04. The van der Waals surface area contributed by atoms with E-state index in [0.29, 0.717) is 13.0 Å². The fourth-order valence-corrected chi connectivity index (χ4v) is 3.00. The van der Waals surface area contributed by atoms with E-state index in [-0.39, 0.29) is 29.5 Å². The Morgan fingerprint density at radius 1 is 1.48 bits per heavy atom. The number of hydrogen-bond acceptors (Lipinski definition) is 4. The molecular weight excluding hydrogens is 296 g/mol. The molecule has 3 rings (SSSR count). The van der Waals surface area contributed by atoms with E-state index in [1.807, 2.05) is 13.0 Å². The molecule has 0 saturated carbocycles. The minimum absolute atomic E-state index is 0.0748. The summed E-state index contributed by atoms with van der Waals surface area (Å²) < 4.78 is 1.38. The van der Waals surface area contributed by atoms with Gasteiger partial charge in [-0.05, 0) is 31.5 Å². The Bertz CT molecular complexity index is 780. The average molecular weight is 316 g/mol. The second-order valence-corrected chi connectivity index (χ2v) is 6.12. The Labute approximate surface area is 133 Å². The second-order valence-electron chi connectivity index (χ2n) is 6.12. The Balaban J connectivity index is 1.74. The summed E-state index contributed by atoms with van der Waals surface area (Å²) in [5.74, 6) is -0.403. The fraction of sp³-hybridized carbons (Fsp3) is 0.438. The fourth-order valence-electron chi connectivity index (χ4n) is 3.00. The SMILES string of the molecule is Cc1cc(C[C@@H]2CN(C(=O)c3cccn(C)c3=O)C[C@H]2O)n[nH]1. The van der Waals surface area contributed by atoms with Crippen molar-refractivity contribution in [2.45, 2.75) is 19.4 Å². The van der Waals surface area contributed by atoms with Crippen molar-refractivity contribution in [2.75, 3.05) is 13.1 Å². The van der Waals surface area contributed by atoms with Crippen molar-refractivity contribution in [3.05, 3.63) is 51.7 Å². The summed E-state index contributed by atoms with van der Waals surface area (Å²) in [5, 5.41) is 17.3. The zero-order valence-corrected chi connectivity index (χ0v) is 13.2. The van der Waals surface area contributed by atoms with Crippen LogP contribution < -0.4 is 5.56 Å². The number of hydrogen-bond donors (Lipinski definition) is 2. The molecule has 7 nitrogen and oxygen atoms in total. The zero-order chi connectivity index (χ0) is 16.6. The molecule has 122 valence electrons. The highest BCUT2D eigenvalue weighted by atomic mass is 16.3. The molecule has 1 saturated heterocycles. The van der Waals surface area contributed by atoms with Gasteiger partial charge in [0.1, 0.15) is 5.56 Å². The van der Waals surface area contributed by atoms with E-state index < -0.39 is 6.10 Å². The van der Waals surface area contributed by atoms with Crippen LogP contribution in [0.15, 0.2) is 29.2 Å². The molecule has 0 aromatic carbocycles. The van der Waals surface area contributed by atoms with Gasteiger partial charge in [-0.25, -0.2) is 0 Å². The van der Waals surface area contributed by atoms with Crippen LogP contribution in [-0.2, 0) is 13.5 Å². The number of carbonyl (C=O) groups is 1. The molecule has 1 aliphatic rings. The van der Waals surface area contributed by atoms with E-state index in [1.54, 1.807) is 24.2 Å². The van der Waals surface area contributed by atoms with E-state index in [9.17, 15) is 14.7 Å². The monoisotopic (exact) mass is 316 g/mol. The lowest BCUT2D eigenvalue weighted by Gasteiger charge is -2.15. The lowest BCUT2D eigenvalue weighted by atomic mass is 10.0. The van der Waals surface area contributed by atoms with Gasteiger partial charge in [0.15, 0.2) is 0 Å². The number of nitrogens with zero attached hydrogens (tertiary/aromatic N) is 3. The van der Waals surface area contributed by atoms with Crippen LogP contribution in [0.1, 0.15) is 21.7 Å². The maximum absolute atomic E-state index is 12.5. The number of rotatable bonds is 3. The highest BCUT2D eigenvalue weighted by Crippen LogP contribution is 2.22. The summed E-state index contributed by atoms with van der Waals surface area (Å²) >= 11 is 0. The summed E-state index contributed by atoms with van der Waals surface area (Å²) in [5.41, 5.74) is 1.65. The first-order valence-electron chi connectivity index (χ1n) is 7.59. The van der Waals surface area contributed by atoms with E-state index in [0.717, 1.165) is 11.4 Å². The van der Waals surface area contributed by atoms with E-state index in [4.69, 9.17) is 0 Å². The molecule has 1 fully saturated rings. The van der Waals surface area contributed by atoms with Crippen molar-refractivity contribution in [1.29, 1.82) is 0 Å². The minimum Gasteiger partial charge on any atom is -0.391 e. The number of nitrogens with one attached hydrogen (secondary N) is 1. The van der Waals surface area contributed by atoms with E-state index in [1.165, 1.54) is 10.6 Å². The molecule has 2 N–H and O–H groups in total. The van der Waals surface area contributed by atoms with Crippen LogP contribution in [0.25, 0.3) is 0 Å². The Hall–Kier alpha value is -2.41. The third kappa shape index (κ3) is 3.05. The lowest BCUT2D eigenvalue weighted by Crippen LogP contribution is -2.35. The van der Waals surface area contributed by atoms with Gasteiger partial charge in [-0.3, -0.25) is 14.7 Å². The van der Waals surface area contributed by atoms with Crippen LogP contribution in [0.5, 0.6) is 0 Å². The number of carbonyl (C=O) groups excluding carboxylic acids is 1. The predicted molar refractivity (Wildman–Crippen MR) is 84.1 cm³/mol. The molecule has 23 heavy (non-hydrogen) atoms. The number of β-amino-alcohol motifs (C(OH)–C–C–N with tert-alkyl or cyclic N) is 1. The average Bonchev–Trinajstić information content (AvgIpc) is 3.08. The van der Waals surface area contributed by atoms with Gasteiger partial charge in [0.2, 0.25) is 0 Å². The number of aryl methyl sites for hydroxylation is 2. The van der Waals surface area contributed by atoms with Crippen molar-refractivity contribution in [2.24, 2.45) is 13.0 Å². The Morgan fingerprint density at radius 2 is 2.26 bits per heavy atom. The van der Waals surface area contributed by atoms with Crippen molar-refractivity contribution < 1.29 is 9.90 Å². The van der Waals surface area contributed by atoms with Gasteiger partial charge in [0.05, 0.1) is 11.8 Å². The molecule has 1 amide bonds. The maximum Gasteiger partial charge on any atom is 0.263 e. The molecule has 2 aromatic rings. The third-order valence-corrected chi connectivity index (χ3v) is 4.28. The quantitative estimate of drug-likeness (QED) is 0.840. The van der Waals surface area contributed by atoms with Crippen LogP contribution in [0.3, 0.4) is 0 Å².